The molecule has 9 aromatic carbocycles. The van der Waals surface area contributed by atoms with Gasteiger partial charge in [0, 0.05) is 40.2 Å². The Morgan fingerprint density at radius 2 is 0.742 bits per heavy atom. The van der Waals surface area contributed by atoms with Crippen LogP contribution in [-0.2, 0) is 0 Å². The van der Waals surface area contributed by atoms with Crippen molar-refractivity contribution in [1.29, 1.82) is 0 Å². The maximum absolute atomic E-state index is 7.22. The molecule has 0 aromatic heterocycles. The second kappa shape index (κ2) is 13.4. The smallest absolute Gasteiger partial charge is 0.256 e. The summed E-state index contributed by atoms with van der Waals surface area (Å²) in [5, 5.41) is 0. The fraction of sp³-hybridized carbons (Fsp3) is 0.0357. The molecule has 4 aliphatic heterocycles. The van der Waals surface area contributed by atoms with Crippen LogP contribution >= 0.6 is 0 Å². The third-order valence-corrected chi connectivity index (χ3v) is 13.4. The summed E-state index contributed by atoms with van der Waals surface area (Å²) in [5.74, 6) is 3.39. The maximum Gasteiger partial charge on any atom is 0.256 e. The first-order valence-electron chi connectivity index (χ1n) is 21.5. The van der Waals surface area contributed by atoms with Crippen LogP contribution in [0.3, 0.4) is 0 Å². The Morgan fingerprint density at radius 1 is 0.339 bits per heavy atom. The minimum Gasteiger partial charge on any atom is -0.458 e. The van der Waals surface area contributed by atoms with Gasteiger partial charge in [0.15, 0.2) is 0 Å². The Morgan fingerprint density at radius 3 is 1.19 bits per heavy atom. The molecule has 0 atom stereocenters. The summed E-state index contributed by atoms with van der Waals surface area (Å²) in [6, 6.07) is 70.4. The molecule has 0 fully saturated rings. The Bertz CT molecular complexity index is 3100. The lowest BCUT2D eigenvalue weighted by Gasteiger charge is -2.42. The first kappa shape index (κ1) is 35.1. The molecule has 0 unspecified atom stereocenters. The molecular formula is C56H38B2N2O2. The van der Waals surface area contributed by atoms with Gasteiger partial charge in [-0.05, 0) is 141 Å². The van der Waals surface area contributed by atoms with Gasteiger partial charge in [0.05, 0.1) is 0 Å². The standard InChI is InChI=1S/C56H38B2N2O2/c1-35-17-9-11-23-41(35)37-29-49-55-53(31-37)61-51-34-52-46(33-45(51)57(55)43-25-13-15-27-47(43)59(49)39-19-5-3-6-20-39)58-44-26-14-16-28-48(44)60(40-21-7-4-8-22-40)50-30-38(32-54(62-52)56(50)58)42-24-12-10-18-36(42)2/h3-34H,1-2H3. The van der Waals surface area contributed by atoms with Crippen molar-refractivity contribution in [2.45, 2.75) is 13.8 Å². The van der Waals surface area contributed by atoms with Crippen molar-refractivity contribution in [2.75, 3.05) is 9.80 Å². The number of fused-ring (bicyclic) bond motifs is 8. The predicted molar refractivity (Wildman–Crippen MR) is 258 cm³/mol. The molecule has 0 amide bonds. The van der Waals surface area contributed by atoms with E-state index in [1.54, 1.807) is 0 Å². The normalized spacial score (nSPS) is 13.5. The van der Waals surface area contributed by atoms with Gasteiger partial charge in [-0.1, -0.05) is 127 Å². The number of ether oxygens (including phenoxy) is 2. The molecule has 0 radical (unpaired) electrons. The second-order valence-electron chi connectivity index (χ2n) is 16.9. The third kappa shape index (κ3) is 5.10. The number of hydrogen-bond acceptors (Lipinski definition) is 4. The molecule has 0 saturated carbocycles. The highest BCUT2D eigenvalue weighted by Gasteiger charge is 2.46. The van der Waals surface area contributed by atoms with Crippen LogP contribution < -0.4 is 52.1 Å². The van der Waals surface area contributed by atoms with Gasteiger partial charge in [0.1, 0.15) is 23.0 Å². The predicted octanol–water partition coefficient (Wildman–Crippen LogP) is 10.4. The molecule has 62 heavy (non-hydrogen) atoms. The first-order chi connectivity index (χ1) is 30.6. The molecule has 0 N–H and O–H groups in total. The van der Waals surface area contributed by atoms with E-state index in [-0.39, 0.29) is 13.4 Å². The molecular weight excluding hydrogens is 754 g/mol. The highest BCUT2D eigenvalue weighted by Crippen LogP contribution is 2.46. The monoisotopic (exact) mass is 792 g/mol. The van der Waals surface area contributed by atoms with Crippen molar-refractivity contribution < 1.29 is 9.47 Å². The van der Waals surface area contributed by atoms with E-state index in [1.807, 2.05) is 0 Å². The quantitative estimate of drug-likeness (QED) is 0.166. The van der Waals surface area contributed by atoms with E-state index in [9.17, 15) is 0 Å². The lowest BCUT2D eigenvalue weighted by atomic mass is 9.31. The fourth-order valence-corrected chi connectivity index (χ4v) is 10.7. The number of aryl methyl sites for hydroxylation is 2. The molecule has 4 heterocycles. The van der Waals surface area contributed by atoms with E-state index in [2.05, 4.69) is 218 Å². The highest BCUT2D eigenvalue weighted by atomic mass is 16.5. The number of nitrogens with zero attached hydrogens (tertiary/aromatic N) is 2. The van der Waals surface area contributed by atoms with Gasteiger partial charge in [0.2, 0.25) is 0 Å². The van der Waals surface area contributed by atoms with Gasteiger partial charge in [-0.25, -0.2) is 0 Å². The Balaban J connectivity index is 1.06. The first-order valence-corrected chi connectivity index (χ1v) is 21.5. The maximum atomic E-state index is 7.22. The number of hydrogen-bond donors (Lipinski definition) is 0. The lowest BCUT2D eigenvalue weighted by molar-refractivity contribution is 0.466. The average Bonchev–Trinajstić information content (AvgIpc) is 3.31. The van der Waals surface area contributed by atoms with Crippen molar-refractivity contribution in [3.63, 3.8) is 0 Å². The summed E-state index contributed by atoms with van der Waals surface area (Å²) in [6.07, 6.45) is 0. The lowest BCUT2D eigenvalue weighted by Crippen LogP contribution is -2.63. The van der Waals surface area contributed by atoms with Crippen LogP contribution in [0.4, 0.5) is 34.1 Å². The van der Waals surface area contributed by atoms with Crippen molar-refractivity contribution in [3.8, 4) is 45.3 Å². The van der Waals surface area contributed by atoms with Gasteiger partial charge in [-0.15, -0.1) is 0 Å². The van der Waals surface area contributed by atoms with Gasteiger partial charge in [0.25, 0.3) is 13.4 Å². The number of para-hydroxylation sites is 4. The van der Waals surface area contributed by atoms with Crippen molar-refractivity contribution in [3.05, 3.63) is 205 Å². The van der Waals surface area contributed by atoms with Crippen LogP contribution in [0.2, 0.25) is 0 Å². The molecule has 290 valence electrons. The van der Waals surface area contributed by atoms with Crippen LogP contribution in [-0.4, -0.2) is 13.4 Å². The molecule has 0 bridgehead atoms. The SMILES string of the molecule is Cc1ccccc1-c1cc2c3c(c1)N(c1ccccc1)c1ccccc1B3c1cc3c(cc1O2)Oc1cc(-c2ccccc2C)cc2c1B3c1ccccc1N2c1ccccc1. The van der Waals surface area contributed by atoms with Gasteiger partial charge in [-0.3, -0.25) is 0 Å². The molecule has 0 saturated heterocycles. The summed E-state index contributed by atoms with van der Waals surface area (Å²) in [4.78, 5) is 4.85. The molecule has 4 aliphatic rings. The zero-order valence-corrected chi connectivity index (χ0v) is 34.3. The number of rotatable bonds is 4. The van der Waals surface area contributed by atoms with E-state index in [0.717, 1.165) is 67.8 Å². The third-order valence-electron chi connectivity index (χ3n) is 13.4. The summed E-state index contributed by atoms with van der Waals surface area (Å²) >= 11 is 0. The fourth-order valence-electron chi connectivity index (χ4n) is 10.7. The molecule has 13 rings (SSSR count). The Kier molecular flexibility index (Phi) is 7.59. The Labute approximate surface area is 362 Å². The number of benzene rings is 9. The van der Waals surface area contributed by atoms with Crippen molar-refractivity contribution in [2.24, 2.45) is 0 Å². The second-order valence-corrected chi connectivity index (χ2v) is 16.9. The van der Waals surface area contributed by atoms with E-state index >= 15 is 0 Å². The van der Waals surface area contributed by atoms with E-state index in [0.29, 0.717) is 0 Å². The minimum absolute atomic E-state index is 0.0694. The van der Waals surface area contributed by atoms with Crippen LogP contribution in [0.1, 0.15) is 11.1 Å². The van der Waals surface area contributed by atoms with Crippen LogP contribution in [0.15, 0.2) is 194 Å². The molecule has 0 aliphatic carbocycles. The Hall–Kier alpha value is -7.69. The summed E-state index contributed by atoms with van der Waals surface area (Å²) < 4.78 is 14.4. The highest BCUT2D eigenvalue weighted by molar-refractivity contribution is 7.02. The average molecular weight is 793 g/mol. The van der Waals surface area contributed by atoms with Crippen molar-refractivity contribution >= 4 is 80.3 Å². The van der Waals surface area contributed by atoms with Crippen LogP contribution in [0.25, 0.3) is 22.3 Å². The van der Waals surface area contributed by atoms with Crippen LogP contribution in [0.5, 0.6) is 23.0 Å². The number of anilines is 6. The van der Waals surface area contributed by atoms with E-state index in [4.69, 9.17) is 9.47 Å². The topological polar surface area (TPSA) is 24.9 Å². The minimum atomic E-state index is -0.0694. The van der Waals surface area contributed by atoms with Crippen molar-refractivity contribution in [1.82, 2.24) is 0 Å². The largest absolute Gasteiger partial charge is 0.458 e. The van der Waals surface area contributed by atoms with E-state index < -0.39 is 0 Å². The molecule has 0 spiro atoms. The summed E-state index contributed by atoms with van der Waals surface area (Å²) in [6.45, 7) is 4.23. The molecule has 4 nitrogen and oxygen atoms in total. The van der Waals surface area contributed by atoms with Crippen LogP contribution in [0, 0.1) is 13.8 Å². The van der Waals surface area contributed by atoms with E-state index in [1.165, 1.54) is 55.5 Å². The zero-order valence-electron chi connectivity index (χ0n) is 34.3. The molecule has 9 aromatic rings. The summed E-state index contributed by atoms with van der Waals surface area (Å²) in [7, 11) is 0. The summed E-state index contributed by atoms with van der Waals surface area (Å²) in [5.41, 5.74) is 21.1. The van der Waals surface area contributed by atoms with Gasteiger partial charge >= 0.3 is 0 Å². The van der Waals surface area contributed by atoms with Gasteiger partial charge < -0.3 is 19.3 Å². The zero-order chi connectivity index (χ0) is 41.1. The molecule has 6 heteroatoms. The van der Waals surface area contributed by atoms with Gasteiger partial charge in [-0.2, -0.15) is 0 Å².